The highest BCUT2D eigenvalue weighted by atomic mass is 79.9. The molecule has 0 aromatic heterocycles. The molecule has 1 aromatic rings. The highest BCUT2D eigenvalue weighted by Crippen LogP contribution is 2.15. The molecule has 1 N–H and O–H groups in total. The van der Waals surface area contributed by atoms with E-state index in [4.69, 9.17) is 4.74 Å². The second kappa shape index (κ2) is 6.96. The van der Waals surface area contributed by atoms with E-state index in [-0.39, 0.29) is 5.91 Å². The number of nitrogens with one attached hydrogen (secondary N) is 1. The van der Waals surface area contributed by atoms with Gasteiger partial charge in [0, 0.05) is 16.2 Å². The van der Waals surface area contributed by atoms with Gasteiger partial charge in [-0.15, -0.1) is 0 Å². The van der Waals surface area contributed by atoms with Crippen LogP contribution in [0.15, 0.2) is 40.5 Å². The van der Waals surface area contributed by atoms with Gasteiger partial charge in [-0.1, -0.05) is 12.1 Å². The van der Waals surface area contributed by atoms with Crippen molar-refractivity contribution in [2.45, 2.75) is 13.8 Å². The average molecular weight is 312 g/mol. The zero-order valence-corrected chi connectivity index (χ0v) is 11.8. The number of rotatable bonds is 4. The fourth-order valence-corrected chi connectivity index (χ4v) is 1.75. The molecule has 0 spiro atoms. The van der Waals surface area contributed by atoms with Crippen molar-refractivity contribution in [3.63, 3.8) is 0 Å². The topological polar surface area (TPSA) is 55.4 Å². The van der Waals surface area contributed by atoms with Gasteiger partial charge in [-0.05, 0) is 41.9 Å². The average Bonchev–Trinajstić information content (AvgIpc) is 2.29. The Morgan fingerprint density at radius 1 is 1.39 bits per heavy atom. The van der Waals surface area contributed by atoms with E-state index >= 15 is 0 Å². The minimum atomic E-state index is -0.470. The molecule has 1 rings (SSSR count). The maximum Gasteiger partial charge on any atom is 0.332 e. The molecular formula is C13H14BrNO3. The van der Waals surface area contributed by atoms with Crippen LogP contribution < -0.4 is 5.32 Å². The molecule has 0 unspecified atom stereocenters. The van der Waals surface area contributed by atoms with Crippen LogP contribution in [-0.4, -0.2) is 18.5 Å². The van der Waals surface area contributed by atoms with Gasteiger partial charge in [-0.3, -0.25) is 4.79 Å². The van der Waals surface area contributed by atoms with Crippen LogP contribution in [0.1, 0.15) is 24.2 Å². The van der Waals surface area contributed by atoms with Gasteiger partial charge in [0.25, 0.3) is 5.91 Å². The number of carbonyl (C=O) groups is 2. The summed E-state index contributed by atoms with van der Waals surface area (Å²) in [5.74, 6) is -0.747. The maximum absolute atomic E-state index is 11.9. The summed E-state index contributed by atoms with van der Waals surface area (Å²) in [6.45, 7) is 3.66. The number of carbonyl (C=O) groups excluding carboxylic acids is 2. The molecule has 0 bridgehead atoms. The Hall–Kier alpha value is -1.62. The van der Waals surface area contributed by atoms with Crippen molar-refractivity contribution in [2.75, 3.05) is 6.61 Å². The van der Waals surface area contributed by atoms with Crippen molar-refractivity contribution in [3.8, 4) is 0 Å². The van der Waals surface area contributed by atoms with Gasteiger partial charge in [0.2, 0.25) is 0 Å². The van der Waals surface area contributed by atoms with E-state index in [0.29, 0.717) is 22.3 Å². The molecule has 0 aliphatic heterocycles. The van der Waals surface area contributed by atoms with E-state index in [9.17, 15) is 9.59 Å². The van der Waals surface area contributed by atoms with Crippen molar-refractivity contribution in [2.24, 2.45) is 0 Å². The Morgan fingerprint density at radius 2 is 2.06 bits per heavy atom. The molecule has 0 radical (unpaired) electrons. The zero-order valence-electron chi connectivity index (χ0n) is 10.2. The lowest BCUT2D eigenvalue weighted by Crippen LogP contribution is -2.22. The summed E-state index contributed by atoms with van der Waals surface area (Å²) in [6, 6.07) is 7.06. The highest BCUT2D eigenvalue weighted by Gasteiger charge is 2.09. The summed E-state index contributed by atoms with van der Waals surface area (Å²) in [6.07, 6.45) is 1.25. The third kappa shape index (κ3) is 4.33. The molecule has 0 aliphatic carbocycles. The first kappa shape index (κ1) is 14.4. The monoisotopic (exact) mass is 311 g/mol. The van der Waals surface area contributed by atoms with Crippen LogP contribution in [0.2, 0.25) is 0 Å². The van der Waals surface area contributed by atoms with E-state index in [2.05, 4.69) is 21.2 Å². The van der Waals surface area contributed by atoms with Crippen LogP contribution in [0.5, 0.6) is 0 Å². The summed E-state index contributed by atoms with van der Waals surface area (Å²) in [4.78, 5) is 23.1. The van der Waals surface area contributed by atoms with Gasteiger partial charge in [0.1, 0.15) is 0 Å². The van der Waals surface area contributed by atoms with E-state index in [1.165, 1.54) is 6.08 Å². The predicted octanol–water partition coefficient (Wildman–Crippen LogP) is 2.65. The third-order valence-corrected chi connectivity index (χ3v) is 2.74. The molecule has 0 heterocycles. The molecule has 18 heavy (non-hydrogen) atoms. The van der Waals surface area contributed by atoms with Gasteiger partial charge < -0.3 is 10.1 Å². The Kier molecular flexibility index (Phi) is 5.58. The normalized spacial score (nSPS) is 10.9. The van der Waals surface area contributed by atoms with Crippen LogP contribution in [0.3, 0.4) is 0 Å². The smallest absolute Gasteiger partial charge is 0.332 e. The van der Waals surface area contributed by atoms with E-state index < -0.39 is 5.97 Å². The van der Waals surface area contributed by atoms with Crippen molar-refractivity contribution in [3.05, 3.63) is 46.1 Å². The lowest BCUT2D eigenvalue weighted by molar-refractivity contribution is -0.137. The van der Waals surface area contributed by atoms with Crippen LogP contribution >= 0.6 is 15.9 Å². The van der Waals surface area contributed by atoms with Crippen molar-refractivity contribution in [1.82, 2.24) is 5.32 Å². The minimum Gasteiger partial charge on any atom is -0.463 e. The summed E-state index contributed by atoms with van der Waals surface area (Å²) in [7, 11) is 0. The van der Waals surface area contributed by atoms with E-state index in [0.717, 1.165) is 0 Å². The number of hydrogen-bond acceptors (Lipinski definition) is 3. The number of allylic oxidation sites excluding steroid dienone is 1. The van der Waals surface area contributed by atoms with Crippen LogP contribution in [0, 0.1) is 0 Å². The molecule has 0 fully saturated rings. The molecule has 0 aliphatic rings. The first-order chi connectivity index (χ1) is 8.54. The Balaban J connectivity index is 2.71. The Morgan fingerprint density at radius 3 is 2.67 bits per heavy atom. The number of halogens is 1. The summed E-state index contributed by atoms with van der Waals surface area (Å²) < 4.78 is 5.45. The summed E-state index contributed by atoms with van der Waals surface area (Å²) in [5.41, 5.74) is 0.948. The number of ether oxygens (including phenoxy) is 1. The fourth-order valence-electron chi connectivity index (χ4n) is 1.29. The molecular weight excluding hydrogens is 298 g/mol. The van der Waals surface area contributed by atoms with Crippen LogP contribution in [0.4, 0.5) is 0 Å². The predicted molar refractivity (Wildman–Crippen MR) is 72.0 cm³/mol. The van der Waals surface area contributed by atoms with Crippen LogP contribution in [0.25, 0.3) is 0 Å². The molecule has 5 heteroatoms. The van der Waals surface area contributed by atoms with Crippen molar-refractivity contribution in [1.29, 1.82) is 0 Å². The second-order valence-corrected chi connectivity index (χ2v) is 4.37. The Labute approximate surface area is 114 Å². The molecule has 0 saturated carbocycles. The van der Waals surface area contributed by atoms with E-state index in [1.807, 2.05) is 6.07 Å². The summed E-state index contributed by atoms with van der Waals surface area (Å²) >= 11 is 3.29. The largest absolute Gasteiger partial charge is 0.463 e. The highest BCUT2D eigenvalue weighted by molar-refractivity contribution is 9.10. The third-order valence-electron chi connectivity index (χ3n) is 2.05. The molecule has 1 amide bonds. The van der Waals surface area contributed by atoms with Crippen LogP contribution in [-0.2, 0) is 9.53 Å². The fraction of sp³-hybridized carbons (Fsp3) is 0.231. The maximum atomic E-state index is 11.9. The number of hydrogen-bond donors (Lipinski definition) is 1. The lowest BCUT2D eigenvalue weighted by Gasteiger charge is -2.06. The summed E-state index contributed by atoms with van der Waals surface area (Å²) in [5, 5.41) is 2.62. The lowest BCUT2D eigenvalue weighted by atomic mass is 10.2. The number of amides is 1. The Bertz CT molecular complexity index is 483. The minimum absolute atomic E-state index is 0.277. The quantitative estimate of drug-likeness (QED) is 0.687. The molecule has 0 saturated heterocycles. The van der Waals surface area contributed by atoms with Gasteiger partial charge in [-0.25, -0.2) is 4.79 Å². The first-order valence-electron chi connectivity index (χ1n) is 5.45. The number of esters is 1. The van der Waals surface area contributed by atoms with Gasteiger partial charge in [0.05, 0.1) is 12.2 Å². The molecule has 4 nitrogen and oxygen atoms in total. The standard InChI is InChI=1S/C13H14BrNO3/c1-3-18-12(16)8-9(2)15-13(17)10-6-4-5-7-11(10)14/h4-8H,3H2,1-2H3,(H,15,17)/b9-8+. The van der Waals surface area contributed by atoms with Gasteiger partial charge >= 0.3 is 5.97 Å². The zero-order chi connectivity index (χ0) is 13.5. The van der Waals surface area contributed by atoms with Crippen molar-refractivity contribution < 1.29 is 14.3 Å². The first-order valence-corrected chi connectivity index (χ1v) is 6.24. The van der Waals surface area contributed by atoms with E-state index in [1.54, 1.807) is 32.0 Å². The number of benzene rings is 1. The van der Waals surface area contributed by atoms with Gasteiger partial charge in [0.15, 0.2) is 0 Å². The molecule has 0 atom stereocenters. The van der Waals surface area contributed by atoms with Gasteiger partial charge in [-0.2, -0.15) is 0 Å². The second-order valence-electron chi connectivity index (χ2n) is 3.51. The molecule has 1 aromatic carbocycles. The van der Waals surface area contributed by atoms with Crippen molar-refractivity contribution >= 4 is 27.8 Å². The SMILES string of the molecule is CCOC(=O)/C=C(\C)NC(=O)c1ccccc1Br. The molecule has 96 valence electrons.